The second-order valence-corrected chi connectivity index (χ2v) is 26.2. The van der Waals surface area contributed by atoms with Gasteiger partial charge in [-0.1, -0.05) is 52.0 Å². The van der Waals surface area contributed by atoms with Gasteiger partial charge in [-0.2, -0.15) is 4.31 Å². The van der Waals surface area contributed by atoms with Gasteiger partial charge in [-0.15, -0.1) is 0 Å². The van der Waals surface area contributed by atoms with Crippen LogP contribution in [-0.4, -0.2) is 139 Å². The normalized spacial score (nSPS) is 32.8. The highest BCUT2D eigenvalue weighted by Gasteiger charge is 2.66. The number of nitrogens with zero attached hydrogens (tertiary/aromatic N) is 4. The molecule has 11 N–H and O–H groups in total. The summed E-state index contributed by atoms with van der Waals surface area (Å²) in [5.74, 6) is -0.563. The Morgan fingerprint density at radius 3 is 2.40 bits per heavy atom. The summed E-state index contributed by atoms with van der Waals surface area (Å²) in [6.45, 7) is 6.59. The number of aliphatic hydroxyl groups excluding tert-OH is 2. The van der Waals surface area contributed by atoms with E-state index in [0.29, 0.717) is 24.7 Å². The van der Waals surface area contributed by atoms with Crippen molar-refractivity contribution >= 4 is 74.9 Å². The first-order chi connectivity index (χ1) is 33.9. The molecule has 0 aromatic carbocycles. The van der Waals surface area contributed by atoms with Crippen LogP contribution in [0.4, 0.5) is 5.82 Å². The zero-order valence-electron chi connectivity index (χ0n) is 41.0. The van der Waals surface area contributed by atoms with E-state index in [-0.39, 0.29) is 64.5 Å². The third-order valence-corrected chi connectivity index (χ3v) is 20.1. The summed E-state index contributed by atoms with van der Waals surface area (Å²) < 4.78 is 62.7. The number of rotatable bonds is 21. The van der Waals surface area contributed by atoms with Crippen molar-refractivity contribution < 1.29 is 90.4 Å². The number of thioether (sulfide) groups is 1. The van der Waals surface area contributed by atoms with Crippen molar-refractivity contribution in [2.75, 3.05) is 37.8 Å². The van der Waals surface area contributed by atoms with Crippen LogP contribution in [-0.2, 0) is 55.5 Å². The zero-order chi connectivity index (χ0) is 53.7. The molecule has 1 saturated heterocycles. The number of hydrogen-bond donors (Lipinski definition) is 10. The quantitative estimate of drug-likeness (QED) is 0.0634. The predicted octanol–water partition coefficient (Wildman–Crippen LogP) is 2.56. The highest BCUT2D eigenvalue weighted by atomic mass is 32.2. The first-order valence-electron chi connectivity index (χ1n) is 23.9. The lowest BCUT2D eigenvalue weighted by molar-refractivity contribution is -0.158. The van der Waals surface area contributed by atoms with Crippen molar-refractivity contribution in [2.45, 2.75) is 129 Å². The van der Waals surface area contributed by atoms with Crippen LogP contribution >= 0.6 is 35.2 Å². The molecule has 3 saturated carbocycles. The van der Waals surface area contributed by atoms with Gasteiger partial charge in [-0.3, -0.25) is 37.3 Å². The number of aromatic nitrogens is 4. The Labute approximate surface area is 424 Å². The van der Waals surface area contributed by atoms with E-state index in [1.165, 1.54) is 19.4 Å². The Kier molecular flexibility index (Phi) is 17.2. The number of anilines is 1. The molecular formula is C43H66N7O19P3S. The number of carbonyl (C=O) groups excluding carboxylic acids is 4. The number of fused-ring (bicyclic) bond motifs is 6. The smallest absolute Gasteiger partial charge is 0.389 e. The van der Waals surface area contributed by atoms with Crippen molar-refractivity contribution in [3.05, 3.63) is 24.3 Å². The van der Waals surface area contributed by atoms with Crippen molar-refractivity contribution in [1.82, 2.24) is 30.2 Å². The van der Waals surface area contributed by atoms with Gasteiger partial charge >= 0.3 is 23.5 Å². The highest BCUT2D eigenvalue weighted by Crippen LogP contribution is 2.69. The minimum Gasteiger partial charge on any atom is -0.389 e. The van der Waals surface area contributed by atoms with E-state index in [1.807, 2.05) is 6.08 Å². The maximum absolute atomic E-state index is 13.6. The van der Waals surface area contributed by atoms with E-state index in [9.17, 15) is 67.8 Å². The third-order valence-electron chi connectivity index (χ3n) is 16.0. The Balaban J connectivity index is 0.811. The lowest BCUT2D eigenvalue weighted by Gasteiger charge is -2.59. The fraction of sp³-hybridized carbons (Fsp3) is 0.744. The molecule has 2 aromatic heterocycles. The lowest BCUT2D eigenvalue weighted by Crippen LogP contribution is -2.57. The number of ether oxygens (including phenoxy) is 1. The van der Waals surface area contributed by atoms with E-state index < -0.39 is 101 Å². The minimum absolute atomic E-state index is 0.00130. The summed E-state index contributed by atoms with van der Waals surface area (Å²) in [4.78, 5) is 103. The Morgan fingerprint density at radius 2 is 1.68 bits per heavy atom. The van der Waals surface area contributed by atoms with Crippen LogP contribution in [0.15, 0.2) is 24.3 Å². The van der Waals surface area contributed by atoms with E-state index in [4.69, 9.17) is 19.5 Å². The Hall–Kier alpha value is -3.07. The number of nitrogens with one attached hydrogen (secondary N) is 2. The van der Waals surface area contributed by atoms with Gasteiger partial charge in [0.05, 0.1) is 31.1 Å². The van der Waals surface area contributed by atoms with Gasteiger partial charge in [0, 0.05) is 42.5 Å². The highest BCUT2D eigenvalue weighted by molar-refractivity contribution is 8.13. The number of nitrogen functional groups attached to an aromatic ring is 1. The van der Waals surface area contributed by atoms with Crippen molar-refractivity contribution in [2.24, 2.45) is 39.9 Å². The van der Waals surface area contributed by atoms with Crippen molar-refractivity contribution in [3.8, 4) is 0 Å². The van der Waals surface area contributed by atoms with Gasteiger partial charge in [0.1, 0.15) is 36.3 Å². The summed E-state index contributed by atoms with van der Waals surface area (Å²) in [6, 6.07) is 0. The topological polar surface area (TPSA) is 401 Å². The second kappa shape index (κ2) is 21.8. The molecule has 0 radical (unpaired) electrons. The molecule has 5 aliphatic rings. The fourth-order valence-electron chi connectivity index (χ4n) is 11.9. The molecule has 1 aliphatic heterocycles. The molecule has 0 spiro atoms. The number of hydrogen-bond acceptors (Lipinski definition) is 20. The number of imidazole rings is 1. The summed E-state index contributed by atoms with van der Waals surface area (Å²) >= 11 is 1.04. The first kappa shape index (κ1) is 57.6. The molecule has 4 aliphatic carbocycles. The van der Waals surface area contributed by atoms with Gasteiger partial charge in [0.15, 0.2) is 28.6 Å². The van der Waals surface area contributed by atoms with Crippen LogP contribution in [0, 0.1) is 39.9 Å². The maximum Gasteiger partial charge on any atom is 0.481 e. The average Bonchev–Trinajstić information content (AvgIpc) is 3.96. The number of amides is 2. The number of carbonyl (C=O) groups is 4. The number of phosphoric acid groups is 3. The van der Waals surface area contributed by atoms with E-state index in [1.54, 1.807) is 6.92 Å². The number of nitrogens with two attached hydrogens (primary N) is 1. The number of phosphoric ester groups is 3. The Bertz CT molecular complexity index is 2620. The molecule has 408 valence electrons. The van der Waals surface area contributed by atoms with Crippen LogP contribution in [0.1, 0.15) is 98.6 Å². The standard InChI is InChI=1S/C43H66N7O19P3S/c1-23(43(57)14-10-28-26-7-6-24-18-25(51)8-12-41(24,4)27(26)9-13-42(28,43)5)39(56)73-17-16-45-30(52)11-15-46-37(55)34(54)40(2,3)20-66-72(63,64)69-71(61,62)65-19-29-33(68-70(58,59)60)32(53)38(67-29)50-22-49-31-35(44)47-21-48-36(31)50/h18,21-23,26-29,32-34,38,53-54,57H,6-17,19-20H2,1-5H3,(H,45,52)(H,46,55)(H,61,62)(H,63,64)(H2,44,47,48)(H2,58,59,60)/t23?,26-,27+,28+,29-,32-,33-,34+,38-,41+,42+,43?/m1/s1. The van der Waals surface area contributed by atoms with Crippen LogP contribution in [0.25, 0.3) is 11.2 Å². The fourth-order valence-corrected chi connectivity index (χ4v) is 15.6. The van der Waals surface area contributed by atoms with Gasteiger partial charge in [-0.25, -0.2) is 28.6 Å². The maximum atomic E-state index is 13.6. The molecule has 73 heavy (non-hydrogen) atoms. The first-order valence-corrected chi connectivity index (χ1v) is 29.4. The van der Waals surface area contributed by atoms with Gasteiger partial charge in [0.2, 0.25) is 11.8 Å². The molecule has 30 heteroatoms. The molecular weight excluding hydrogens is 1040 g/mol. The van der Waals surface area contributed by atoms with Crippen molar-refractivity contribution in [3.63, 3.8) is 0 Å². The van der Waals surface area contributed by atoms with Crippen LogP contribution < -0.4 is 16.4 Å². The lowest BCUT2D eigenvalue weighted by atomic mass is 9.46. The molecule has 3 heterocycles. The summed E-state index contributed by atoms with van der Waals surface area (Å²) in [5.41, 5.74) is 3.91. The van der Waals surface area contributed by atoms with Crippen LogP contribution in [0.3, 0.4) is 0 Å². The molecule has 7 rings (SSSR count). The van der Waals surface area contributed by atoms with E-state index in [0.717, 1.165) is 67.5 Å². The number of ketones is 1. The number of allylic oxidation sites excluding steroid dienone is 1. The molecule has 4 unspecified atom stereocenters. The van der Waals surface area contributed by atoms with Gasteiger partial charge < -0.3 is 56.0 Å². The summed E-state index contributed by atoms with van der Waals surface area (Å²) in [7, 11) is -16.5. The molecule has 2 amide bonds. The molecule has 0 bridgehead atoms. The van der Waals surface area contributed by atoms with Crippen LogP contribution in [0.5, 0.6) is 0 Å². The average molecular weight is 1110 g/mol. The molecule has 4 fully saturated rings. The van der Waals surface area contributed by atoms with E-state index >= 15 is 0 Å². The zero-order valence-corrected chi connectivity index (χ0v) is 44.5. The molecule has 26 nitrogen and oxygen atoms in total. The van der Waals surface area contributed by atoms with Crippen molar-refractivity contribution in [1.29, 1.82) is 0 Å². The minimum atomic E-state index is -5.61. The largest absolute Gasteiger partial charge is 0.481 e. The predicted molar refractivity (Wildman–Crippen MR) is 258 cm³/mol. The SMILES string of the molecule is CC(C(=O)SCCNC(=O)CCNC(=O)[C@H](O)C(C)(C)COP(=O)(O)OP(=O)(O)OC[C@H]1O[C@@H](n2cnc3c(N)ncnc32)[C@H](O)[C@@H]1OP(=O)(O)O)C1(O)CC[C@H]2[C@@H]3CCC4=CC(=O)CC[C@]4(C)[C@H]3CC[C@@]21C. The Morgan fingerprint density at radius 1 is 0.986 bits per heavy atom. The summed E-state index contributed by atoms with van der Waals surface area (Å²) in [6.07, 6.45) is 1.25. The van der Waals surface area contributed by atoms with Crippen LogP contribution in [0.2, 0.25) is 0 Å². The van der Waals surface area contributed by atoms with Gasteiger partial charge in [0.25, 0.3) is 0 Å². The summed E-state index contributed by atoms with van der Waals surface area (Å²) in [5, 5.41) is 38.9. The molecule has 14 atom stereocenters. The molecule has 2 aromatic rings. The second-order valence-electron chi connectivity index (χ2n) is 20.8. The van der Waals surface area contributed by atoms with Gasteiger partial charge in [-0.05, 0) is 74.2 Å². The van der Waals surface area contributed by atoms with E-state index in [2.05, 4.69) is 48.3 Å². The third kappa shape index (κ3) is 12.2. The number of aliphatic hydroxyl groups is 3. The monoisotopic (exact) mass is 1110 g/mol.